The van der Waals surface area contributed by atoms with Crippen LogP contribution in [0.4, 0.5) is 0 Å². The second-order valence-electron chi connectivity index (χ2n) is 5.16. The molecule has 2 nitrogen and oxygen atoms in total. The van der Waals surface area contributed by atoms with Gasteiger partial charge >= 0.3 is 0 Å². The predicted octanol–water partition coefficient (Wildman–Crippen LogP) is 4.57. The first-order chi connectivity index (χ1) is 9.70. The quantitative estimate of drug-likeness (QED) is 0.676. The number of fused-ring (bicyclic) bond motifs is 1. The van der Waals surface area contributed by atoms with E-state index < -0.39 is 0 Å². The molecule has 0 bridgehead atoms. The highest BCUT2D eigenvalue weighted by molar-refractivity contribution is 5.81. The normalized spacial score (nSPS) is 12.6. The lowest BCUT2D eigenvalue weighted by Crippen LogP contribution is -2.08. The summed E-state index contributed by atoms with van der Waals surface area (Å²) in [4.78, 5) is 0. The molecule has 0 N–H and O–H groups in total. The Hall–Kier alpha value is -2.22. The molecule has 20 heavy (non-hydrogen) atoms. The third kappa shape index (κ3) is 2.07. The highest BCUT2D eigenvalue weighted by Crippen LogP contribution is 2.28. The van der Waals surface area contributed by atoms with E-state index in [9.17, 15) is 0 Å². The van der Waals surface area contributed by atoms with Crippen LogP contribution < -0.4 is 4.74 Å². The van der Waals surface area contributed by atoms with E-state index in [1.165, 1.54) is 22.2 Å². The zero-order valence-electron chi connectivity index (χ0n) is 12.1. The monoisotopic (exact) mass is 265 g/mol. The summed E-state index contributed by atoms with van der Waals surface area (Å²) in [5, 5.41) is 1.30. The number of aryl methyl sites for hydroxylation is 1. The Bertz CT molecular complexity index is 725. The van der Waals surface area contributed by atoms with Crippen LogP contribution in [0.1, 0.15) is 24.2 Å². The molecule has 0 radical (unpaired) electrons. The number of hydrogen-bond acceptors (Lipinski definition) is 1. The molecule has 102 valence electrons. The number of hydrogen-bond donors (Lipinski definition) is 0. The average molecular weight is 265 g/mol. The third-order valence-corrected chi connectivity index (χ3v) is 3.93. The fraction of sp³-hybridized carbons (Fsp3) is 0.222. The molecule has 0 amide bonds. The molecule has 1 atom stereocenters. The van der Waals surface area contributed by atoms with Crippen LogP contribution in [-0.2, 0) is 0 Å². The molecular weight excluding hydrogens is 246 g/mol. The second kappa shape index (κ2) is 5.04. The lowest BCUT2D eigenvalue weighted by atomic mass is 10.1. The van der Waals surface area contributed by atoms with E-state index in [0.717, 1.165) is 5.75 Å². The zero-order valence-corrected chi connectivity index (χ0v) is 12.1. The van der Waals surface area contributed by atoms with Gasteiger partial charge in [-0.1, -0.05) is 30.3 Å². The van der Waals surface area contributed by atoms with Crippen LogP contribution in [0.2, 0.25) is 0 Å². The minimum atomic E-state index is 0.306. The first-order valence-corrected chi connectivity index (χ1v) is 6.91. The molecule has 1 heterocycles. The summed E-state index contributed by atoms with van der Waals surface area (Å²) in [7, 11) is 1.70. The second-order valence-corrected chi connectivity index (χ2v) is 5.16. The number of aromatic nitrogens is 1. The molecular formula is C18H19NO. The zero-order chi connectivity index (χ0) is 14.1. The van der Waals surface area contributed by atoms with Crippen molar-refractivity contribution in [1.29, 1.82) is 0 Å². The van der Waals surface area contributed by atoms with Gasteiger partial charge in [0.1, 0.15) is 5.75 Å². The van der Waals surface area contributed by atoms with Crippen LogP contribution in [0.5, 0.6) is 5.75 Å². The van der Waals surface area contributed by atoms with Crippen LogP contribution in [0.3, 0.4) is 0 Å². The molecule has 3 rings (SSSR count). The molecule has 2 heteroatoms. The van der Waals surface area contributed by atoms with Gasteiger partial charge in [-0.15, -0.1) is 0 Å². The number of ether oxygens (including phenoxy) is 1. The van der Waals surface area contributed by atoms with Crippen molar-refractivity contribution in [2.75, 3.05) is 7.11 Å². The lowest BCUT2D eigenvalue weighted by molar-refractivity contribution is 0.414. The summed E-state index contributed by atoms with van der Waals surface area (Å²) in [6.45, 7) is 4.40. The summed E-state index contributed by atoms with van der Waals surface area (Å²) < 4.78 is 7.61. The van der Waals surface area contributed by atoms with E-state index >= 15 is 0 Å². The Balaban J connectivity index is 2.07. The van der Waals surface area contributed by atoms with Crippen molar-refractivity contribution in [3.63, 3.8) is 0 Å². The Kier molecular flexibility index (Phi) is 3.23. The SMILES string of the molecule is COc1ccc(C(C)n2c(C)cc3ccccc32)cc1. The molecule has 1 unspecified atom stereocenters. The first-order valence-electron chi connectivity index (χ1n) is 6.91. The van der Waals surface area contributed by atoms with Gasteiger partial charge in [0.25, 0.3) is 0 Å². The van der Waals surface area contributed by atoms with E-state index in [1.54, 1.807) is 7.11 Å². The van der Waals surface area contributed by atoms with Gasteiger partial charge < -0.3 is 9.30 Å². The van der Waals surface area contributed by atoms with Gasteiger partial charge in [0, 0.05) is 11.2 Å². The largest absolute Gasteiger partial charge is 0.497 e. The Morgan fingerprint density at radius 1 is 1.00 bits per heavy atom. The van der Waals surface area contributed by atoms with Crippen molar-refractivity contribution < 1.29 is 4.74 Å². The van der Waals surface area contributed by atoms with E-state index in [0.29, 0.717) is 6.04 Å². The average Bonchev–Trinajstić information content (AvgIpc) is 2.82. The van der Waals surface area contributed by atoms with E-state index in [4.69, 9.17) is 4.74 Å². The van der Waals surface area contributed by atoms with Gasteiger partial charge in [-0.05, 0) is 49.1 Å². The Morgan fingerprint density at radius 2 is 1.70 bits per heavy atom. The van der Waals surface area contributed by atoms with Crippen molar-refractivity contribution in [3.05, 3.63) is 65.9 Å². The van der Waals surface area contributed by atoms with Gasteiger partial charge in [-0.25, -0.2) is 0 Å². The maximum atomic E-state index is 5.23. The van der Waals surface area contributed by atoms with Crippen molar-refractivity contribution in [3.8, 4) is 5.75 Å². The number of methoxy groups -OCH3 is 1. The van der Waals surface area contributed by atoms with Crippen molar-refractivity contribution in [2.24, 2.45) is 0 Å². The first kappa shape index (κ1) is 12.8. The summed E-state index contributed by atoms with van der Waals surface area (Å²) >= 11 is 0. The van der Waals surface area contributed by atoms with Crippen LogP contribution >= 0.6 is 0 Å². The number of rotatable bonds is 3. The molecule has 2 aromatic carbocycles. The van der Waals surface area contributed by atoms with Crippen LogP contribution in [-0.4, -0.2) is 11.7 Å². The van der Waals surface area contributed by atoms with Gasteiger partial charge in [-0.2, -0.15) is 0 Å². The standard InChI is InChI=1S/C18H19NO/c1-13-12-16-6-4-5-7-18(16)19(13)14(2)15-8-10-17(20-3)11-9-15/h4-12,14H,1-3H3. The Morgan fingerprint density at radius 3 is 2.40 bits per heavy atom. The highest BCUT2D eigenvalue weighted by atomic mass is 16.5. The smallest absolute Gasteiger partial charge is 0.118 e. The minimum absolute atomic E-state index is 0.306. The highest BCUT2D eigenvalue weighted by Gasteiger charge is 2.13. The van der Waals surface area contributed by atoms with Crippen LogP contribution in [0.25, 0.3) is 10.9 Å². The fourth-order valence-corrected chi connectivity index (χ4v) is 2.86. The lowest BCUT2D eigenvalue weighted by Gasteiger charge is -2.18. The van der Waals surface area contributed by atoms with Crippen LogP contribution in [0, 0.1) is 6.92 Å². The van der Waals surface area contributed by atoms with Crippen molar-refractivity contribution >= 4 is 10.9 Å². The molecule has 0 saturated carbocycles. The van der Waals surface area contributed by atoms with E-state index in [2.05, 4.69) is 60.9 Å². The summed E-state index contributed by atoms with van der Waals surface area (Å²) in [5.41, 5.74) is 3.86. The molecule has 0 aliphatic rings. The van der Waals surface area contributed by atoms with E-state index in [-0.39, 0.29) is 0 Å². The van der Waals surface area contributed by atoms with Crippen molar-refractivity contribution in [1.82, 2.24) is 4.57 Å². The number of benzene rings is 2. The van der Waals surface area contributed by atoms with Gasteiger partial charge in [0.15, 0.2) is 0 Å². The molecule has 1 aromatic heterocycles. The van der Waals surface area contributed by atoms with E-state index in [1.807, 2.05) is 12.1 Å². The maximum Gasteiger partial charge on any atom is 0.118 e. The molecule has 0 aliphatic carbocycles. The predicted molar refractivity (Wildman–Crippen MR) is 83.5 cm³/mol. The number of nitrogens with zero attached hydrogens (tertiary/aromatic N) is 1. The van der Waals surface area contributed by atoms with Gasteiger partial charge in [0.05, 0.1) is 13.2 Å². The molecule has 0 spiro atoms. The van der Waals surface area contributed by atoms with Crippen LogP contribution in [0.15, 0.2) is 54.6 Å². The van der Waals surface area contributed by atoms with Gasteiger partial charge in [-0.3, -0.25) is 0 Å². The summed E-state index contributed by atoms with van der Waals surface area (Å²) in [5.74, 6) is 0.898. The molecule has 0 saturated heterocycles. The minimum Gasteiger partial charge on any atom is -0.497 e. The summed E-state index contributed by atoms with van der Waals surface area (Å²) in [6.07, 6.45) is 0. The molecule has 0 aliphatic heterocycles. The van der Waals surface area contributed by atoms with Gasteiger partial charge in [0.2, 0.25) is 0 Å². The molecule has 0 fully saturated rings. The maximum absolute atomic E-state index is 5.23. The molecule has 3 aromatic rings. The number of para-hydroxylation sites is 1. The Labute approximate surface area is 119 Å². The topological polar surface area (TPSA) is 14.2 Å². The third-order valence-electron chi connectivity index (χ3n) is 3.93. The fourth-order valence-electron chi connectivity index (χ4n) is 2.86. The summed E-state index contributed by atoms with van der Waals surface area (Å²) in [6, 6.07) is 19.4. The van der Waals surface area contributed by atoms with Crippen molar-refractivity contribution in [2.45, 2.75) is 19.9 Å².